The number of hydrogen-bond donors (Lipinski definition) is 0. The summed E-state index contributed by atoms with van der Waals surface area (Å²) >= 11 is 20.8. The predicted molar refractivity (Wildman–Crippen MR) is 92.6 cm³/mol. The first-order valence-corrected chi connectivity index (χ1v) is 9.01. The first kappa shape index (κ1) is 15.8. The number of rotatable bonds is 5. The Kier molecular flexibility index (Phi) is 4.39. The Hall–Kier alpha value is -0.100. The zero-order chi connectivity index (χ0) is 15.1. The van der Waals surface area contributed by atoms with Crippen LogP contribution >= 0.6 is 55.1 Å². The number of aromatic nitrogens is 3. The van der Waals surface area contributed by atoms with Crippen LogP contribution in [0, 0.1) is 0 Å². The largest absolute Gasteiger partial charge is 0.251 e. The van der Waals surface area contributed by atoms with E-state index in [1.807, 2.05) is 24.3 Å². The molecule has 0 aliphatic heterocycles. The second-order valence-corrected chi connectivity index (χ2v) is 8.77. The quantitative estimate of drug-likeness (QED) is 0.598. The van der Waals surface area contributed by atoms with Crippen molar-refractivity contribution in [1.82, 2.24) is 14.8 Å². The van der Waals surface area contributed by atoms with E-state index in [0.717, 1.165) is 23.4 Å². The Balaban J connectivity index is 1.98. The Labute approximate surface area is 150 Å². The second kappa shape index (κ2) is 5.84. The minimum Gasteiger partial charge on any atom is -0.251 e. The van der Waals surface area contributed by atoms with Gasteiger partial charge in [-0.15, -0.1) is 11.6 Å². The number of benzene rings is 1. The summed E-state index contributed by atoms with van der Waals surface area (Å²) in [4.78, 5) is 3.65. The highest BCUT2D eigenvalue weighted by Gasteiger charge is 2.61. The van der Waals surface area contributed by atoms with Gasteiger partial charge < -0.3 is 0 Å². The minimum absolute atomic E-state index is 0.0390. The molecule has 1 heterocycles. The molecule has 1 aliphatic carbocycles. The third kappa shape index (κ3) is 2.90. The van der Waals surface area contributed by atoms with Crippen LogP contribution in [0.3, 0.4) is 0 Å². The molecule has 112 valence electrons. The van der Waals surface area contributed by atoms with Crippen LogP contribution in [0.25, 0.3) is 0 Å². The molecule has 1 fully saturated rings. The van der Waals surface area contributed by atoms with E-state index in [0.29, 0.717) is 6.54 Å². The van der Waals surface area contributed by atoms with E-state index in [1.165, 1.54) is 6.33 Å². The Morgan fingerprint density at radius 2 is 2.10 bits per heavy atom. The molecule has 1 aromatic heterocycles. The zero-order valence-electron chi connectivity index (χ0n) is 11.0. The van der Waals surface area contributed by atoms with Gasteiger partial charge in [0.2, 0.25) is 0 Å². The van der Waals surface area contributed by atoms with Gasteiger partial charge in [-0.05, 0) is 24.5 Å². The van der Waals surface area contributed by atoms with Gasteiger partial charge in [0, 0.05) is 5.02 Å². The third-order valence-corrected chi connectivity index (χ3v) is 8.52. The van der Waals surface area contributed by atoms with Crippen LogP contribution in [-0.4, -0.2) is 24.0 Å². The lowest BCUT2D eigenvalue weighted by atomic mass is 9.93. The fraction of sp³-hybridized carbons (Fsp3) is 0.429. The molecule has 0 radical (unpaired) electrons. The molecule has 1 aromatic carbocycles. The lowest BCUT2D eigenvalue weighted by Crippen LogP contribution is -2.43. The van der Waals surface area contributed by atoms with Crippen LogP contribution < -0.4 is 0 Å². The van der Waals surface area contributed by atoms with Crippen molar-refractivity contribution in [1.29, 1.82) is 0 Å². The van der Waals surface area contributed by atoms with E-state index in [2.05, 4.69) is 41.9 Å². The molecular formula is C14H13Br2Cl2N3. The van der Waals surface area contributed by atoms with Gasteiger partial charge in [-0.25, -0.2) is 4.98 Å². The fourth-order valence-corrected chi connectivity index (χ4v) is 5.11. The number of hydrogen-bond acceptors (Lipinski definition) is 2. The Morgan fingerprint density at radius 3 is 2.67 bits per heavy atom. The van der Waals surface area contributed by atoms with Crippen LogP contribution in [0.4, 0.5) is 0 Å². The van der Waals surface area contributed by atoms with Gasteiger partial charge in [-0.2, -0.15) is 5.10 Å². The van der Waals surface area contributed by atoms with Crippen molar-refractivity contribution in [3.63, 3.8) is 0 Å². The van der Waals surface area contributed by atoms with Crippen LogP contribution in [-0.2, 0) is 6.54 Å². The summed E-state index contributed by atoms with van der Waals surface area (Å²) in [6, 6.07) is 7.81. The average molecular weight is 454 g/mol. The maximum absolute atomic E-state index is 6.78. The van der Waals surface area contributed by atoms with Crippen LogP contribution in [0.2, 0.25) is 5.02 Å². The maximum atomic E-state index is 6.78. The van der Waals surface area contributed by atoms with Crippen LogP contribution in [0.1, 0.15) is 23.2 Å². The SMILES string of the molecule is Clc1ccccc1C(Br)C(Br)(Cn1cncn1)C1(Cl)CC1. The predicted octanol–water partition coefficient (Wildman–Crippen LogP) is 4.97. The third-order valence-electron chi connectivity index (χ3n) is 3.87. The molecule has 7 heteroatoms. The fourth-order valence-electron chi connectivity index (χ4n) is 2.45. The first-order chi connectivity index (χ1) is 9.96. The molecule has 2 atom stereocenters. The van der Waals surface area contributed by atoms with E-state index in [1.54, 1.807) is 11.0 Å². The summed E-state index contributed by atoms with van der Waals surface area (Å²) in [5.74, 6) is 0. The van der Waals surface area contributed by atoms with Gasteiger partial charge in [0.05, 0.1) is 20.6 Å². The van der Waals surface area contributed by atoms with Crippen molar-refractivity contribution < 1.29 is 0 Å². The van der Waals surface area contributed by atoms with Crippen molar-refractivity contribution >= 4 is 55.1 Å². The normalized spacial score (nSPS) is 20.8. The smallest absolute Gasteiger partial charge is 0.137 e. The summed E-state index contributed by atoms with van der Waals surface area (Å²) in [5.41, 5.74) is 1.02. The molecule has 1 saturated carbocycles. The molecule has 0 saturated heterocycles. The van der Waals surface area contributed by atoms with Crippen molar-refractivity contribution in [2.24, 2.45) is 0 Å². The van der Waals surface area contributed by atoms with E-state index < -0.39 is 4.32 Å². The molecule has 2 unspecified atom stereocenters. The lowest BCUT2D eigenvalue weighted by Gasteiger charge is -2.37. The highest BCUT2D eigenvalue weighted by atomic mass is 79.9. The standard InChI is InChI=1S/C14H13Br2Cl2N3/c15-12(10-3-1-2-4-11(10)17)14(16,13(18)5-6-13)7-21-9-19-8-20-21/h1-4,8-9,12H,5-7H2. The summed E-state index contributed by atoms with van der Waals surface area (Å²) in [5, 5.41) is 4.93. The molecule has 0 N–H and O–H groups in total. The molecule has 0 bridgehead atoms. The molecule has 3 nitrogen and oxygen atoms in total. The second-order valence-electron chi connectivity index (χ2n) is 5.30. The molecule has 21 heavy (non-hydrogen) atoms. The van der Waals surface area contributed by atoms with Gasteiger partial charge in [0.25, 0.3) is 0 Å². The summed E-state index contributed by atoms with van der Waals surface area (Å²) in [6.45, 7) is 0.609. The van der Waals surface area contributed by atoms with E-state index >= 15 is 0 Å². The minimum atomic E-state index is -0.403. The van der Waals surface area contributed by atoms with Gasteiger partial charge in [0.15, 0.2) is 0 Å². The van der Waals surface area contributed by atoms with Crippen molar-refractivity contribution in [2.75, 3.05) is 0 Å². The highest BCUT2D eigenvalue weighted by Crippen LogP contribution is 2.62. The Morgan fingerprint density at radius 1 is 1.38 bits per heavy atom. The molecule has 2 aromatic rings. The molecule has 0 spiro atoms. The van der Waals surface area contributed by atoms with Crippen LogP contribution in [0.15, 0.2) is 36.9 Å². The van der Waals surface area contributed by atoms with Crippen molar-refractivity contribution in [3.8, 4) is 0 Å². The van der Waals surface area contributed by atoms with E-state index in [-0.39, 0.29) is 9.70 Å². The molecular weight excluding hydrogens is 441 g/mol. The van der Waals surface area contributed by atoms with Crippen LogP contribution in [0.5, 0.6) is 0 Å². The number of alkyl halides is 3. The van der Waals surface area contributed by atoms with Gasteiger partial charge in [-0.1, -0.05) is 61.7 Å². The van der Waals surface area contributed by atoms with Gasteiger partial charge in [-0.3, -0.25) is 4.68 Å². The van der Waals surface area contributed by atoms with E-state index in [4.69, 9.17) is 23.2 Å². The van der Waals surface area contributed by atoms with Crippen molar-refractivity contribution in [2.45, 2.75) is 33.4 Å². The number of nitrogens with zero attached hydrogens (tertiary/aromatic N) is 3. The topological polar surface area (TPSA) is 30.7 Å². The average Bonchev–Trinajstić information content (AvgIpc) is 3.02. The van der Waals surface area contributed by atoms with E-state index in [9.17, 15) is 0 Å². The lowest BCUT2D eigenvalue weighted by molar-refractivity contribution is 0.438. The highest BCUT2D eigenvalue weighted by molar-refractivity contribution is 9.12. The number of halogens is 4. The summed E-state index contributed by atoms with van der Waals surface area (Å²) < 4.78 is 1.39. The maximum Gasteiger partial charge on any atom is 0.137 e. The first-order valence-electron chi connectivity index (χ1n) is 6.55. The van der Waals surface area contributed by atoms with Crippen molar-refractivity contribution in [3.05, 3.63) is 47.5 Å². The molecule has 0 amide bonds. The molecule has 3 rings (SSSR count). The Bertz CT molecular complexity index is 631. The summed E-state index contributed by atoms with van der Waals surface area (Å²) in [6.07, 6.45) is 5.15. The summed E-state index contributed by atoms with van der Waals surface area (Å²) in [7, 11) is 0. The zero-order valence-corrected chi connectivity index (χ0v) is 15.7. The monoisotopic (exact) mass is 451 g/mol. The van der Waals surface area contributed by atoms with Gasteiger partial charge >= 0.3 is 0 Å². The molecule has 1 aliphatic rings. The van der Waals surface area contributed by atoms with Gasteiger partial charge in [0.1, 0.15) is 12.7 Å².